The summed E-state index contributed by atoms with van der Waals surface area (Å²) in [6, 6.07) is 2.84. The van der Waals surface area contributed by atoms with Gasteiger partial charge in [0.2, 0.25) is 0 Å². The van der Waals surface area contributed by atoms with Gasteiger partial charge in [0.05, 0.1) is 6.07 Å². The highest BCUT2D eigenvalue weighted by atomic mass is 35.5. The number of nitriles is 1. The molecule has 0 spiro atoms. The van der Waals surface area contributed by atoms with Gasteiger partial charge in [0.15, 0.2) is 0 Å². The first-order valence-corrected chi connectivity index (χ1v) is 4.75. The van der Waals surface area contributed by atoms with Crippen molar-refractivity contribution >= 4 is 17.5 Å². The number of hydrogen-bond acceptors (Lipinski definition) is 3. The van der Waals surface area contributed by atoms with Gasteiger partial charge in [-0.1, -0.05) is 11.6 Å². The lowest BCUT2D eigenvalue weighted by Crippen LogP contribution is -2.31. The summed E-state index contributed by atoms with van der Waals surface area (Å²) in [5.41, 5.74) is 1.02. The third kappa shape index (κ3) is 2.93. The summed E-state index contributed by atoms with van der Waals surface area (Å²) in [6.07, 6.45) is 1.52. The first-order chi connectivity index (χ1) is 7.04. The molecule has 1 amide bonds. The van der Waals surface area contributed by atoms with Crippen molar-refractivity contribution in [2.24, 2.45) is 0 Å². The maximum absolute atomic E-state index is 11.5. The zero-order chi connectivity index (χ0) is 11.4. The lowest BCUT2D eigenvalue weighted by molar-refractivity contribution is 0.0943. The monoisotopic (exact) mass is 223 g/mol. The predicted octanol–water partition coefficient (Wildman–Crippen LogP) is 1.69. The number of hydrogen-bond donors (Lipinski definition) is 1. The van der Waals surface area contributed by atoms with Crippen LogP contribution in [-0.2, 0) is 0 Å². The molecule has 0 unspecified atom stereocenters. The fourth-order valence-corrected chi connectivity index (χ4v) is 1.08. The minimum Gasteiger partial charge on any atom is -0.335 e. The maximum atomic E-state index is 11.5. The van der Waals surface area contributed by atoms with Crippen molar-refractivity contribution in [3.8, 4) is 6.07 Å². The van der Waals surface area contributed by atoms with E-state index in [1.54, 1.807) is 13.8 Å². The molecule has 0 radical (unpaired) electrons. The first kappa shape index (κ1) is 11.5. The van der Waals surface area contributed by atoms with E-state index in [0.29, 0.717) is 5.02 Å². The van der Waals surface area contributed by atoms with Crippen LogP contribution in [0.4, 0.5) is 0 Å². The number of aryl methyl sites for hydroxylation is 1. The smallest absolute Gasteiger partial charge is 0.270 e. The number of carbonyl (C=O) groups is 1. The number of nitrogens with one attached hydrogen (secondary N) is 1. The van der Waals surface area contributed by atoms with Crippen molar-refractivity contribution in [1.29, 1.82) is 5.26 Å². The molecule has 15 heavy (non-hydrogen) atoms. The van der Waals surface area contributed by atoms with Crippen molar-refractivity contribution in [1.82, 2.24) is 10.3 Å². The molecule has 0 saturated carbocycles. The van der Waals surface area contributed by atoms with Gasteiger partial charge in [0.25, 0.3) is 5.91 Å². The van der Waals surface area contributed by atoms with Crippen LogP contribution in [0.25, 0.3) is 0 Å². The average molecular weight is 224 g/mol. The van der Waals surface area contributed by atoms with E-state index in [1.165, 1.54) is 12.3 Å². The molecular weight excluding hydrogens is 214 g/mol. The van der Waals surface area contributed by atoms with E-state index in [9.17, 15) is 4.79 Å². The van der Waals surface area contributed by atoms with Crippen LogP contribution in [0.1, 0.15) is 23.0 Å². The normalized spacial score (nSPS) is 11.6. The molecule has 0 aliphatic heterocycles. The standard InChI is InChI=1S/C10H10ClN3O/c1-6-5-13-9(3-8(6)11)10(15)14-7(2)4-12/h3,5,7H,1-2H3,(H,14,15)/t7-/m0/s1. The molecule has 0 aromatic carbocycles. The van der Waals surface area contributed by atoms with E-state index < -0.39 is 11.9 Å². The summed E-state index contributed by atoms with van der Waals surface area (Å²) in [5.74, 6) is -0.397. The molecule has 0 saturated heterocycles. The summed E-state index contributed by atoms with van der Waals surface area (Å²) in [7, 11) is 0. The number of pyridine rings is 1. The highest BCUT2D eigenvalue weighted by Gasteiger charge is 2.11. The van der Waals surface area contributed by atoms with Crippen molar-refractivity contribution < 1.29 is 4.79 Å². The quantitative estimate of drug-likeness (QED) is 0.830. The van der Waals surface area contributed by atoms with Crippen LogP contribution in [0.3, 0.4) is 0 Å². The Kier molecular flexibility index (Phi) is 3.64. The minimum absolute atomic E-state index is 0.215. The molecule has 1 atom stereocenters. The summed E-state index contributed by atoms with van der Waals surface area (Å²) in [5, 5.41) is 11.5. The van der Waals surface area contributed by atoms with Gasteiger partial charge >= 0.3 is 0 Å². The molecule has 78 valence electrons. The van der Waals surface area contributed by atoms with Gasteiger partial charge < -0.3 is 5.32 Å². The van der Waals surface area contributed by atoms with Crippen molar-refractivity contribution in [2.75, 3.05) is 0 Å². The molecule has 4 nitrogen and oxygen atoms in total. The molecule has 1 rings (SSSR count). The predicted molar refractivity (Wildman–Crippen MR) is 56.5 cm³/mol. The average Bonchev–Trinajstić information content (AvgIpc) is 2.21. The van der Waals surface area contributed by atoms with E-state index in [2.05, 4.69) is 10.3 Å². The molecular formula is C10H10ClN3O. The number of carbonyl (C=O) groups excluding carboxylic acids is 1. The van der Waals surface area contributed by atoms with Crippen LogP contribution in [-0.4, -0.2) is 16.9 Å². The van der Waals surface area contributed by atoms with Crippen LogP contribution >= 0.6 is 11.6 Å². The Labute approximate surface area is 92.9 Å². The van der Waals surface area contributed by atoms with Crippen LogP contribution in [0.5, 0.6) is 0 Å². The molecule has 1 aromatic heterocycles. The Balaban J connectivity index is 2.84. The summed E-state index contributed by atoms with van der Waals surface area (Å²) in [4.78, 5) is 15.4. The largest absolute Gasteiger partial charge is 0.335 e. The van der Waals surface area contributed by atoms with E-state index in [-0.39, 0.29) is 5.69 Å². The zero-order valence-electron chi connectivity index (χ0n) is 8.41. The van der Waals surface area contributed by atoms with E-state index >= 15 is 0 Å². The lowest BCUT2D eigenvalue weighted by atomic mass is 10.2. The van der Waals surface area contributed by atoms with Crippen LogP contribution in [0.2, 0.25) is 5.02 Å². The summed E-state index contributed by atoms with van der Waals surface area (Å²) < 4.78 is 0. The second kappa shape index (κ2) is 4.76. The number of nitrogens with zero attached hydrogens (tertiary/aromatic N) is 2. The first-order valence-electron chi connectivity index (χ1n) is 4.37. The summed E-state index contributed by atoms with van der Waals surface area (Å²) in [6.45, 7) is 3.39. The van der Waals surface area contributed by atoms with Gasteiger partial charge in [-0.05, 0) is 25.5 Å². The zero-order valence-corrected chi connectivity index (χ0v) is 9.17. The third-order valence-corrected chi connectivity index (χ3v) is 2.22. The Morgan fingerprint density at radius 1 is 1.73 bits per heavy atom. The Bertz CT molecular complexity index is 425. The molecule has 5 heteroatoms. The topological polar surface area (TPSA) is 65.8 Å². The molecule has 0 aliphatic rings. The number of amides is 1. The number of halogens is 1. The van der Waals surface area contributed by atoms with Gasteiger partial charge in [-0.15, -0.1) is 0 Å². The third-order valence-electron chi connectivity index (χ3n) is 1.81. The Morgan fingerprint density at radius 2 is 2.40 bits per heavy atom. The van der Waals surface area contributed by atoms with Gasteiger partial charge in [0.1, 0.15) is 11.7 Å². The molecule has 0 aliphatic carbocycles. The van der Waals surface area contributed by atoms with Crippen LogP contribution in [0, 0.1) is 18.3 Å². The van der Waals surface area contributed by atoms with Gasteiger partial charge in [-0.25, -0.2) is 0 Å². The lowest BCUT2D eigenvalue weighted by Gasteiger charge is -2.06. The molecule has 0 bridgehead atoms. The van der Waals surface area contributed by atoms with Crippen molar-refractivity contribution in [3.63, 3.8) is 0 Å². The van der Waals surface area contributed by atoms with Crippen LogP contribution < -0.4 is 5.32 Å². The highest BCUT2D eigenvalue weighted by Crippen LogP contribution is 2.14. The second-order valence-electron chi connectivity index (χ2n) is 3.14. The van der Waals surface area contributed by atoms with Gasteiger partial charge in [-0.2, -0.15) is 5.26 Å². The van der Waals surface area contributed by atoms with E-state index in [0.717, 1.165) is 5.56 Å². The van der Waals surface area contributed by atoms with Gasteiger partial charge in [0, 0.05) is 11.2 Å². The molecule has 1 aromatic rings. The SMILES string of the molecule is Cc1cnc(C(=O)N[C@@H](C)C#N)cc1Cl. The number of rotatable bonds is 2. The number of aromatic nitrogens is 1. The fraction of sp³-hybridized carbons (Fsp3) is 0.300. The van der Waals surface area contributed by atoms with Crippen LogP contribution in [0.15, 0.2) is 12.3 Å². The molecule has 1 heterocycles. The second-order valence-corrected chi connectivity index (χ2v) is 3.55. The molecule has 0 fully saturated rings. The van der Waals surface area contributed by atoms with E-state index in [1.807, 2.05) is 6.07 Å². The Hall–Kier alpha value is -1.60. The Morgan fingerprint density at radius 3 is 2.93 bits per heavy atom. The van der Waals surface area contributed by atoms with Crippen molar-refractivity contribution in [2.45, 2.75) is 19.9 Å². The highest BCUT2D eigenvalue weighted by molar-refractivity contribution is 6.31. The van der Waals surface area contributed by atoms with E-state index in [4.69, 9.17) is 16.9 Å². The fourth-order valence-electron chi connectivity index (χ4n) is 0.926. The minimum atomic E-state index is -0.542. The summed E-state index contributed by atoms with van der Waals surface area (Å²) >= 11 is 5.84. The molecule has 1 N–H and O–H groups in total. The van der Waals surface area contributed by atoms with Crippen molar-refractivity contribution in [3.05, 3.63) is 28.5 Å². The maximum Gasteiger partial charge on any atom is 0.270 e. The van der Waals surface area contributed by atoms with Gasteiger partial charge in [-0.3, -0.25) is 9.78 Å².